The first-order chi connectivity index (χ1) is 12.0. The highest BCUT2D eigenvalue weighted by atomic mass is 35.5. The maximum absolute atomic E-state index is 12.8. The summed E-state index contributed by atoms with van der Waals surface area (Å²) in [5.74, 6) is 1.16. The van der Waals surface area contributed by atoms with Crippen molar-refractivity contribution < 1.29 is 13.2 Å². The van der Waals surface area contributed by atoms with Crippen LogP contribution in [0.1, 0.15) is 5.56 Å². The van der Waals surface area contributed by atoms with Crippen molar-refractivity contribution in [1.29, 1.82) is 0 Å². The summed E-state index contributed by atoms with van der Waals surface area (Å²) in [6, 6.07) is 15.3. The lowest BCUT2D eigenvalue weighted by molar-refractivity contribution is 0.479. The monoisotopic (exact) mass is 372 g/mol. The second kappa shape index (κ2) is 6.06. The van der Waals surface area contributed by atoms with Crippen LogP contribution in [0.5, 0.6) is 11.5 Å². The number of aromatic nitrogens is 1. The van der Waals surface area contributed by atoms with Crippen molar-refractivity contribution >= 4 is 27.3 Å². The Balaban J connectivity index is 1.69. The van der Waals surface area contributed by atoms with Crippen molar-refractivity contribution in [2.45, 2.75) is 11.4 Å². The number of rotatable bonds is 3. The summed E-state index contributed by atoms with van der Waals surface area (Å²) in [4.78, 5) is 4.28. The summed E-state index contributed by atoms with van der Waals surface area (Å²) >= 11 is 6.00. The molecular weight excluding hydrogens is 360 g/mol. The average molecular weight is 373 g/mol. The first kappa shape index (κ1) is 15.9. The van der Waals surface area contributed by atoms with Crippen molar-refractivity contribution in [3.05, 3.63) is 77.6 Å². The average Bonchev–Trinajstić information content (AvgIpc) is 2.86. The molecule has 3 aromatic rings. The van der Waals surface area contributed by atoms with E-state index in [-0.39, 0.29) is 11.4 Å². The van der Waals surface area contributed by atoms with E-state index in [0.717, 1.165) is 0 Å². The molecule has 0 radical (unpaired) electrons. The Morgan fingerprint density at radius 1 is 1.04 bits per heavy atom. The molecule has 0 bridgehead atoms. The fourth-order valence-corrected chi connectivity index (χ4v) is 4.57. The van der Waals surface area contributed by atoms with Crippen LogP contribution in [0.4, 0.5) is 5.69 Å². The summed E-state index contributed by atoms with van der Waals surface area (Å²) < 4.78 is 32.7. The number of hydrogen-bond donors (Lipinski definition) is 0. The maximum Gasteiger partial charge on any atom is 0.264 e. The van der Waals surface area contributed by atoms with Gasteiger partial charge in [-0.1, -0.05) is 17.7 Å². The minimum absolute atomic E-state index is 0.238. The quantitative estimate of drug-likeness (QED) is 0.690. The van der Waals surface area contributed by atoms with Gasteiger partial charge in [-0.05, 0) is 54.1 Å². The molecule has 126 valence electrons. The van der Waals surface area contributed by atoms with Gasteiger partial charge >= 0.3 is 0 Å². The van der Waals surface area contributed by atoms with Gasteiger partial charge in [-0.3, -0.25) is 9.29 Å². The number of halogens is 1. The minimum atomic E-state index is -3.60. The normalized spacial score (nSPS) is 15.0. The van der Waals surface area contributed by atoms with Gasteiger partial charge in [0, 0.05) is 11.2 Å². The van der Waals surface area contributed by atoms with Crippen LogP contribution >= 0.6 is 11.6 Å². The molecule has 25 heavy (non-hydrogen) atoms. The molecule has 0 saturated heterocycles. The van der Waals surface area contributed by atoms with Crippen LogP contribution in [-0.4, -0.2) is 13.4 Å². The molecule has 0 amide bonds. The summed E-state index contributed by atoms with van der Waals surface area (Å²) in [7, 11) is -3.60. The van der Waals surface area contributed by atoms with Crippen molar-refractivity contribution in [3.8, 4) is 11.5 Å². The van der Waals surface area contributed by atoms with Gasteiger partial charge in [0.1, 0.15) is 11.5 Å². The molecule has 2 heterocycles. The SMILES string of the molecule is O=S1(=O)c2ccc(Oc3cccnc3)cc2CN1c1cccc(Cl)c1. The zero-order valence-electron chi connectivity index (χ0n) is 13.0. The van der Waals surface area contributed by atoms with Crippen LogP contribution < -0.4 is 9.04 Å². The molecule has 0 aliphatic carbocycles. The summed E-state index contributed by atoms with van der Waals surface area (Å²) in [6.07, 6.45) is 3.26. The third-order valence-electron chi connectivity index (χ3n) is 3.88. The number of sulfonamides is 1. The van der Waals surface area contributed by atoms with E-state index in [4.69, 9.17) is 16.3 Å². The van der Waals surface area contributed by atoms with E-state index < -0.39 is 10.0 Å². The molecule has 1 aliphatic rings. The van der Waals surface area contributed by atoms with E-state index >= 15 is 0 Å². The highest BCUT2D eigenvalue weighted by Crippen LogP contribution is 2.37. The minimum Gasteiger partial charge on any atom is -0.456 e. The first-order valence-electron chi connectivity index (χ1n) is 7.53. The van der Waals surface area contributed by atoms with Gasteiger partial charge in [-0.15, -0.1) is 0 Å². The van der Waals surface area contributed by atoms with Crippen molar-refractivity contribution in [2.75, 3.05) is 4.31 Å². The molecule has 1 aliphatic heterocycles. The number of ether oxygens (including phenoxy) is 1. The molecule has 0 fully saturated rings. The number of fused-ring (bicyclic) bond motifs is 1. The number of hydrogen-bond acceptors (Lipinski definition) is 4. The van der Waals surface area contributed by atoms with E-state index in [0.29, 0.717) is 27.8 Å². The first-order valence-corrected chi connectivity index (χ1v) is 9.35. The number of pyridine rings is 1. The zero-order chi connectivity index (χ0) is 17.4. The molecule has 4 rings (SSSR count). The molecule has 7 heteroatoms. The Hall–Kier alpha value is -2.57. The van der Waals surface area contributed by atoms with Crippen molar-refractivity contribution in [3.63, 3.8) is 0 Å². The molecule has 5 nitrogen and oxygen atoms in total. The van der Waals surface area contributed by atoms with E-state index in [1.54, 1.807) is 67.0 Å². The standard InChI is InChI=1S/C18H13ClN2O3S/c19-14-3-1-4-15(10-14)21-12-13-9-16(6-7-18(13)25(21,22)23)24-17-5-2-8-20-11-17/h1-11H,12H2. The largest absolute Gasteiger partial charge is 0.456 e. The van der Waals surface area contributed by atoms with Gasteiger partial charge in [-0.2, -0.15) is 0 Å². The second-order valence-electron chi connectivity index (χ2n) is 5.55. The Morgan fingerprint density at radius 3 is 2.68 bits per heavy atom. The molecule has 0 unspecified atom stereocenters. The lowest BCUT2D eigenvalue weighted by atomic mass is 10.2. The van der Waals surface area contributed by atoms with Crippen molar-refractivity contribution in [1.82, 2.24) is 4.98 Å². The Morgan fingerprint density at radius 2 is 1.92 bits per heavy atom. The molecule has 0 N–H and O–H groups in total. The fraction of sp³-hybridized carbons (Fsp3) is 0.0556. The predicted molar refractivity (Wildman–Crippen MR) is 95.6 cm³/mol. The Labute approximate surface area is 150 Å². The summed E-state index contributed by atoms with van der Waals surface area (Å²) in [5.41, 5.74) is 1.22. The topological polar surface area (TPSA) is 59.5 Å². The van der Waals surface area contributed by atoms with E-state index in [9.17, 15) is 8.42 Å². The molecule has 0 saturated carbocycles. The van der Waals surface area contributed by atoms with Gasteiger partial charge in [0.05, 0.1) is 23.3 Å². The lowest BCUT2D eigenvalue weighted by Gasteiger charge is -2.17. The van der Waals surface area contributed by atoms with Crippen LogP contribution in [-0.2, 0) is 16.6 Å². The molecule has 0 atom stereocenters. The second-order valence-corrected chi connectivity index (χ2v) is 7.82. The van der Waals surface area contributed by atoms with Gasteiger partial charge in [0.25, 0.3) is 10.0 Å². The molecule has 1 aromatic heterocycles. The number of benzene rings is 2. The van der Waals surface area contributed by atoms with Crippen LogP contribution in [0, 0.1) is 0 Å². The number of nitrogens with zero attached hydrogens (tertiary/aromatic N) is 2. The zero-order valence-corrected chi connectivity index (χ0v) is 14.5. The third-order valence-corrected chi connectivity index (χ3v) is 5.99. The van der Waals surface area contributed by atoms with Gasteiger partial charge in [0.15, 0.2) is 0 Å². The van der Waals surface area contributed by atoms with E-state index in [1.807, 2.05) is 0 Å². The lowest BCUT2D eigenvalue weighted by Crippen LogP contribution is -2.23. The van der Waals surface area contributed by atoms with Crippen LogP contribution in [0.2, 0.25) is 5.02 Å². The third kappa shape index (κ3) is 2.94. The van der Waals surface area contributed by atoms with E-state index in [2.05, 4.69) is 4.98 Å². The van der Waals surface area contributed by atoms with Crippen molar-refractivity contribution in [2.24, 2.45) is 0 Å². The molecule has 2 aromatic carbocycles. The molecule has 0 spiro atoms. The smallest absolute Gasteiger partial charge is 0.264 e. The highest BCUT2D eigenvalue weighted by molar-refractivity contribution is 7.93. The van der Waals surface area contributed by atoms with E-state index in [1.165, 1.54) is 4.31 Å². The summed E-state index contributed by atoms with van der Waals surface area (Å²) in [6.45, 7) is 0.238. The maximum atomic E-state index is 12.8. The van der Waals surface area contributed by atoms with Crippen LogP contribution in [0.3, 0.4) is 0 Å². The Bertz CT molecular complexity index is 1040. The van der Waals surface area contributed by atoms with Crippen LogP contribution in [0.25, 0.3) is 0 Å². The van der Waals surface area contributed by atoms with Gasteiger partial charge in [-0.25, -0.2) is 8.42 Å². The van der Waals surface area contributed by atoms with Gasteiger partial charge < -0.3 is 4.74 Å². The predicted octanol–water partition coefficient (Wildman–Crippen LogP) is 4.24. The Kier molecular flexibility index (Phi) is 3.86. The summed E-state index contributed by atoms with van der Waals surface area (Å²) in [5, 5.41) is 0.490. The van der Waals surface area contributed by atoms with Crippen LogP contribution in [0.15, 0.2) is 71.9 Å². The fourth-order valence-electron chi connectivity index (χ4n) is 2.76. The molecular formula is C18H13ClN2O3S. The van der Waals surface area contributed by atoms with Gasteiger partial charge in [0.2, 0.25) is 0 Å². The number of anilines is 1. The highest BCUT2D eigenvalue weighted by Gasteiger charge is 2.35.